The molecule has 3 rings (SSSR count). The van der Waals surface area contributed by atoms with Crippen LogP contribution in [0.4, 0.5) is 4.39 Å². The van der Waals surface area contributed by atoms with Gasteiger partial charge in [-0.05, 0) is 38.0 Å². The first kappa shape index (κ1) is 18.4. The Kier molecular flexibility index (Phi) is 6.63. The third-order valence-corrected chi connectivity index (χ3v) is 4.27. The second-order valence-electron chi connectivity index (χ2n) is 6.48. The van der Waals surface area contributed by atoms with Crippen LogP contribution in [0.5, 0.6) is 5.75 Å². The molecule has 0 aliphatic carbocycles. The van der Waals surface area contributed by atoms with Gasteiger partial charge in [-0.2, -0.15) is 0 Å². The molecule has 0 N–H and O–H groups in total. The zero-order valence-electron chi connectivity index (χ0n) is 15.2. The minimum atomic E-state index is -0.372. The van der Waals surface area contributed by atoms with Crippen LogP contribution in [-0.2, 0) is 11.2 Å². The predicted molar refractivity (Wildman–Crippen MR) is 97.3 cm³/mol. The number of aliphatic imine (C=N–C) groups is 1. The molecule has 0 amide bonds. The maximum atomic E-state index is 14.1. The number of hydrogen-bond acceptors (Lipinski definition) is 5. The maximum absolute atomic E-state index is 14.1. The molecule has 6 heteroatoms. The number of rotatable bonds is 10. The fourth-order valence-corrected chi connectivity index (χ4v) is 2.91. The monoisotopic (exact) mass is 360 g/mol. The summed E-state index contributed by atoms with van der Waals surface area (Å²) < 4.78 is 30.2. The summed E-state index contributed by atoms with van der Waals surface area (Å²) in [5, 5.41) is 3.88. The van der Waals surface area contributed by atoms with Gasteiger partial charge in [-0.25, -0.2) is 9.38 Å². The average Bonchev–Trinajstić information content (AvgIpc) is 3.30. The summed E-state index contributed by atoms with van der Waals surface area (Å²) >= 11 is 0. The Bertz CT molecular complexity index is 742. The predicted octanol–water partition coefficient (Wildman–Crippen LogP) is 4.47. The number of hydrogen-bond donors (Lipinski definition) is 0. The van der Waals surface area contributed by atoms with E-state index in [1.54, 1.807) is 12.1 Å². The smallest absolute Gasteiger partial charge is 0.216 e. The van der Waals surface area contributed by atoms with Crippen LogP contribution in [0.2, 0.25) is 0 Å². The van der Waals surface area contributed by atoms with E-state index in [1.165, 1.54) is 6.07 Å². The number of ether oxygens (including phenoxy) is 2. The Labute approximate surface area is 153 Å². The molecule has 0 atom stereocenters. The van der Waals surface area contributed by atoms with Gasteiger partial charge in [-0.3, -0.25) is 0 Å². The molecule has 1 aliphatic rings. The van der Waals surface area contributed by atoms with Crippen molar-refractivity contribution in [2.24, 2.45) is 4.99 Å². The van der Waals surface area contributed by atoms with Gasteiger partial charge in [-0.1, -0.05) is 24.4 Å². The summed E-state index contributed by atoms with van der Waals surface area (Å²) in [6.45, 7) is 3.65. The van der Waals surface area contributed by atoms with Crippen molar-refractivity contribution in [3.63, 3.8) is 0 Å². The van der Waals surface area contributed by atoms with E-state index in [4.69, 9.17) is 14.0 Å². The van der Waals surface area contributed by atoms with E-state index in [0.717, 1.165) is 50.0 Å². The standard InChI is InChI=1S/C20H25FN2O3/c1-15-13-17(26-23-15)7-5-3-2-4-6-11-24-19-9-8-16(14-18(19)21)20-22-10-12-25-20/h8-9,13-14H,2-7,10-12H2,1H3. The average molecular weight is 360 g/mol. The fourth-order valence-electron chi connectivity index (χ4n) is 2.91. The molecule has 1 aromatic heterocycles. The molecule has 0 fully saturated rings. The van der Waals surface area contributed by atoms with Crippen molar-refractivity contribution in [2.45, 2.75) is 45.4 Å². The van der Waals surface area contributed by atoms with Crippen LogP contribution in [0, 0.1) is 12.7 Å². The highest BCUT2D eigenvalue weighted by molar-refractivity contribution is 5.95. The molecule has 0 saturated carbocycles. The molecule has 140 valence electrons. The van der Waals surface area contributed by atoms with Crippen LogP contribution in [0.15, 0.2) is 33.8 Å². The lowest BCUT2D eigenvalue weighted by Gasteiger charge is -2.09. The lowest BCUT2D eigenvalue weighted by atomic mass is 10.1. The third-order valence-electron chi connectivity index (χ3n) is 4.27. The molecular formula is C20H25FN2O3. The van der Waals surface area contributed by atoms with Gasteiger partial charge >= 0.3 is 0 Å². The molecular weight excluding hydrogens is 335 g/mol. The van der Waals surface area contributed by atoms with Gasteiger partial charge in [0.05, 0.1) is 18.8 Å². The number of nitrogens with zero attached hydrogens (tertiary/aromatic N) is 2. The van der Waals surface area contributed by atoms with Gasteiger partial charge in [0.15, 0.2) is 11.6 Å². The van der Waals surface area contributed by atoms with Crippen molar-refractivity contribution in [2.75, 3.05) is 19.8 Å². The summed E-state index contributed by atoms with van der Waals surface area (Å²) in [6, 6.07) is 6.84. The molecule has 26 heavy (non-hydrogen) atoms. The van der Waals surface area contributed by atoms with Crippen molar-refractivity contribution >= 4 is 5.90 Å². The summed E-state index contributed by atoms with van der Waals surface area (Å²) in [5.41, 5.74) is 1.59. The lowest BCUT2D eigenvalue weighted by Crippen LogP contribution is -2.04. The minimum absolute atomic E-state index is 0.285. The van der Waals surface area contributed by atoms with Gasteiger partial charge in [0, 0.05) is 18.1 Å². The van der Waals surface area contributed by atoms with E-state index in [0.29, 0.717) is 31.2 Å². The van der Waals surface area contributed by atoms with E-state index in [9.17, 15) is 4.39 Å². The van der Waals surface area contributed by atoms with Gasteiger partial charge in [0.1, 0.15) is 12.4 Å². The fraction of sp³-hybridized carbons (Fsp3) is 0.500. The largest absolute Gasteiger partial charge is 0.491 e. The molecule has 0 unspecified atom stereocenters. The molecule has 1 aliphatic heterocycles. The zero-order valence-corrected chi connectivity index (χ0v) is 15.2. The van der Waals surface area contributed by atoms with Gasteiger partial charge in [0.2, 0.25) is 5.90 Å². The van der Waals surface area contributed by atoms with Crippen LogP contribution >= 0.6 is 0 Å². The highest BCUT2D eigenvalue weighted by Gasteiger charge is 2.13. The van der Waals surface area contributed by atoms with Crippen LogP contribution in [-0.4, -0.2) is 30.8 Å². The van der Waals surface area contributed by atoms with E-state index in [2.05, 4.69) is 10.1 Å². The Balaban J connectivity index is 1.29. The van der Waals surface area contributed by atoms with Crippen molar-refractivity contribution in [1.29, 1.82) is 0 Å². The van der Waals surface area contributed by atoms with Crippen molar-refractivity contribution in [3.8, 4) is 5.75 Å². The number of aromatic nitrogens is 1. The molecule has 5 nitrogen and oxygen atoms in total. The Hall–Kier alpha value is -2.37. The van der Waals surface area contributed by atoms with Crippen LogP contribution in [0.1, 0.15) is 49.1 Å². The van der Waals surface area contributed by atoms with Gasteiger partial charge < -0.3 is 14.0 Å². The van der Waals surface area contributed by atoms with E-state index in [1.807, 2.05) is 13.0 Å². The molecule has 0 radical (unpaired) electrons. The molecule has 2 aromatic rings. The summed E-state index contributed by atoms with van der Waals surface area (Å²) in [7, 11) is 0. The summed E-state index contributed by atoms with van der Waals surface area (Å²) in [6.07, 6.45) is 6.29. The number of benzene rings is 1. The number of unbranched alkanes of at least 4 members (excludes halogenated alkanes) is 4. The SMILES string of the molecule is Cc1cc(CCCCCCCOc2ccc(C3=NCCO3)cc2F)on1. The molecule has 2 heterocycles. The van der Waals surface area contributed by atoms with Crippen molar-refractivity contribution in [1.82, 2.24) is 5.16 Å². The molecule has 1 aromatic carbocycles. The van der Waals surface area contributed by atoms with Crippen LogP contribution < -0.4 is 4.74 Å². The Morgan fingerprint density at radius 1 is 1.12 bits per heavy atom. The summed E-state index contributed by atoms with van der Waals surface area (Å²) in [4.78, 5) is 4.19. The van der Waals surface area contributed by atoms with Gasteiger partial charge in [-0.15, -0.1) is 0 Å². The second kappa shape index (κ2) is 9.36. The maximum Gasteiger partial charge on any atom is 0.216 e. The molecule has 0 spiro atoms. The first-order chi connectivity index (χ1) is 12.7. The van der Waals surface area contributed by atoms with E-state index in [-0.39, 0.29) is 11.6 Å². The highest BCUT2D eigenvalue weighted by Crippen LogP contribution is 2.20. The van der Waals surface area contributed by atoms with E-state index >= 15 is 0 Å². The Morgan fingerprint density at radius 2 is 1.96 bits per heavy atom. The second-order valence-corrected chi connectivity index (χ2v) is 6.48. The number of halogens is 1. The quantitative estimate of drug-likeness (QED) is 0.587. The van der Waals surface area contributed by atoms with E-state index < -0.39 is 0 Å². The van der Waals surface area contributed by atoms with Crippen molar-refractivity contribution in [3.05, 3.63) is 47.1 Å². The summed E-state index contributed by atoms with van der Waals surface area (Å²) in [5.74, 6) is 1.38. The van der Waals surface area contributed by atoms with Crippen molar-refractivity contribution < 1.29 is 18.4 Å². The van der Waals surface area contributed by atoms with Crippen LogP contribution in [0.3, 0.4) is 0 Å². The zero-order chi connectivity index (χ0) is 18.2. The topological polar surface area (TPSA) is 56.9 Å². The normalized spacial score (nSPS) is 13.5. The first-order valence-corrected chi connectivity index (χ1v) is 9.24. The molecule has 0 bridgehead atoms. The van der Waals surface area contributed by atoms with Crippen LogP contribution in [0.25, 0.3) is 0 Å². The minimum Gasteiger partial charge on any atom is -0.491 e. The number of aryl methyl sites for hydroxylation is 2. The highest BCUT2D eigenvalue weighted by atomic mass is 19.1. The lowest BCUT2D eigenvalue weighted by molar-refractivity contribution is 0.289. The Morgan fingerprint density at radius 3 is 2.69 bits per heavy atom. The van der Waals surface area contributed by atoms with Gasteiger partial charge in [0.25, 0.3) is 0 Å². The third kappa shape index (κ3) is 5.31. The first-order valence-electron chi connectivity index (χ1n) is 9.24. The molecule has 0 saturated heterocycles.